The summed E-state index contributed by atoms with van der Waals surface area (Å²) < 4.78 is 17.1. The predicted octanol–water partition coefficient (Wildman–Crippen LogP) is 1.01. The van der Waals surface area contributed by atoms with Crippen LogP contribution in [0.5, 0.6) is 0 Å². The minimum Gasteiger partial charge on any atom is -0.466 e. The molecule has 0 aliphatic carbocycles. The van der Waals surface area contributed by atoms with E-state index in [1.807, 2.05) is 0 Å². The molecule has 7 heteroatoms. The molecule has 0 heterocycles. The van der Waals surface area contributed by atoms with Crippen LogP contribution in [0.3, 0.4) is 0 Å². The fourth-order valence-corrected chi connectivity index (χ4v) is 0.343. The fourth-order valence-electron chi connectivity index (χ4n) is 0.343. The normalized spacial score (nSPS) is 7.35. The van der Waals surface area contributed by atoms with E-state index in [4.69, 9.17) is 0 Å². The molecule has 0 fully saturated rings. The van der Waals surface area contributed by atoms with Gasteiger partial charge in [0.1, 0.15) is 0 Å². The molecule has 0 unspecified atom stereocenters. The van der Waals surface area contributed by atoms with Crippen LogP contribution in [-0.2, 0) is 33.3 Å². The molecule has 20 heavy (non-hydrogen) atoms. The van der Waals surface area contributed by atoms with E-state index < -0.39 is 17.9 Å². The second-order valence-corrected chi connectivity index (χ2v) is 2.53. The Kier molecular flexibility index (Phi) is 21.5. The number of ether oxygens (including phenoxy) is 4. The summed E-state index contributed by atoms with van der Waals surface area (Å²) in [6, 6.07) is 0. The summed E-state index contributed by atoms with van der Waals surface area (Å²) in [4.78, 5) is 29.8. The Morgan fingerprint density at radius 3 is 1.30 bits per heavy atom. The topological polar surface area (TPSA) is 88.1 Å². The summed E-state index contributed by atoms with van der Waals surface area (Å²) in [6.07, 6.45) is 3.30. The molecular weight excluding hydrogens is 268 g/mol. The van der Waals surface area contributed by atoms with Crippen molar-refractivity contribution in [1.29, 1.82) is 0 Å². The van der Waals surface area contributed by atoms with Gasteiger partial charge in [-0.2, -0.15) is 0 Å². The van der Waals surface area contributed by atoms with Gasteiger partial charge in [-0.15, -0.1) is 0 Å². The SMILES string of the molecule is C=CC(=O)OC.C=CC(=O)OC.C=CC(=O)OCOC. The van der Waals surface area contributed by atoms with Crippen LogP contribution in [-0.4, -0.2) is 46.0 Å². The number of carbonyl (C=O) groups is 3. The highest BCUT2D eigenvalue weighted by atomic mass is 16.7. The predicted molar refractivity (Wildman–Crippen MR) is 72.6 cm³/mol. The highest BCUT2D eigenvalue weighted by Crippen LogP contribution is 1.76. The van der Waals surface area contributed by atoms with E-state index in [0.29, 0.717) is 0 Å². The van der Waals surface area contributed by atoms with Crippen LogP contribution < -0.4 is 0 Å². The lowest BCUT2D eigenvalue weighted by molar-refractivity contribution is -0.148. The van der Waals surface area contributed by atoms with E-state index in [-0.39, 0.29) is 6.79 Å². The van der Waals surface area contributed by atoms with E-state index in [9.17, 15) is 14.4 Å². The van der Waals surface area contributed by atoms with Crippen LogP contribution in [0.4, 0.5) is 0 Å². The molecule has 0 aromatic carbocycles. The molecule has 0 aliphatic rings. The van der Waals surface area contributed by atoms with Gasteiger partial charge in [0.2, 0.25) is 0 Å². The van der Waals surface area contributed by atoms with E-state index in [2.05, 4.69) is 38.7 Å². The molecule has 0 aromatic rings. The summed E-state index contributed by atoms with van der Waals surface area (Å²) in [6.45, 7) is 9.49. The number of esters is 3. The number of rotatable bonds is 5. The van der Waals surface area contributed by atoms with Crippen LogP contribution in [0.25, 0.3) is 0 Å². The van der Waals surface area contributed by atoms with Crippen molar-refractivity contribution in [2.24, 2.45) is 0 Å². The molecule has 0 rings (SSSR count). The van der Waals surface area contributed by atoms with Crippen molar-refractivity contribution in [2.75, 3.05) is 28.1 Å². The lowest BCUT2D eigenvalue weighted by Crippen LogP contribution is -2.02. The molecule has 0 bridgehead atoms. The van der Waals surface area contributed by atoms with E-state index >= 15 is 0 Å². The lowest BCUT2D eigenvalue weighted by Gasteiger charge is -1.95. The summed E-state index contributed by atoms with van der Waals surface area (Å²) in [7, 11) is 4.06. The number of hydrogen-bond donors (Lipinski definition) is 0. The van der Waals surface area contributed by atoms with Crippen molar-refractivity contribution in [2.45, 2.75) is 0 Å². The average Bonchev–Trinajstić information content (AvgIpc) is 2.51. The Balaban J connectivity index is -0.000000221. The zero-order valence-electron chi connectivity index (χ0n) is 11.9. The highest BCUT2D eigenvalue weighted by molar-refractivity contribution is 5.81. The molecule has 0 amide bonds. The van der Waals surface area contributed by atoms with Crippen LogP contribution in [0, 0.1) is 0 Å². The van der Waals surface area contributed by atoms with Crippen molar-refractivity contribution >= 4 is 17.9 Å². The van der Waals surface area contributed by atoms with Crippen LogP contribution >= 0.6 is 0 Å². The summed E-state index contributed by atoms with van der Waals surface area (Å²) in [5.74, 6) is -1.25. The van der Waals surface area contributed by atoms with Gasteiger partial charge < -0.3 is 18.9 Å². The van der Waals surface area contributed by atoms with Crippen molar-refractivity contribution in [3.63, 3.8) is 0 Å². The van der Waals surface area contributed by atoms with Crippen molar-refractivity contribution in [1.82, 2.24) is 0 Å². The zero-order valence-corrected chi connectivity index (χ0v) is 11.9. The zero-order chi connectivity index (χ0) is 16.4. The Morgan fingerprint density at radius 2 is 1.15 bits per heavy atom. The maximum atomic E-state index is 10.2. The van der Waals surface area contributed by atoms with Gasteiger partial charge in [-0.25, -0.2) is 14.4 Å². The standard InChI is InChI=1S/C5H8O3.2C4H6O2/c1-3-5(6)8-4-7-2;2*1-3-4(5)6-2/h3H,1,4H2,2H3;2*3H,1H2,2H3. The first-order chi connectivity index (χ1) is 9.42. The molecule has 0 N–H and O–H groups in total. The van der Waals surface area contributed by atoms with E-state index in [1.165, 1.54) is 21.3 Å². The van der Waals surface area contributed by atoms with Gasteiger partial charge in [0.25, 0.3) is 0 Å². The van der Waals surface area contributed by atoms with Crippen LogP contribution in [0.2, 0.25) is 0 Å². The van der Waals surface area contributed by atoms with Crippen molar-refractivity contribution in [3.05, 3.63) is 38.0 Å². The third-order valence-corrected chi connectivity index (χ3v) is 1.22. The van der Waals surface area contributed by atoms with Gasteiger partial charge >= 0.3 is 17.9 Å². The Hall–Kier alpha value is -2.41. The molecule has 0 aliphatic heterocycles. The number of methoxy groups -OCH3 is 3. The third kappa shape index (κ3) is 24.7. The van der Waals surface area contributed by atoms with Crippen LogP contribution in [0.1, 0.15) is 0 Å². The summed E-state index contributed by atoms with van der Waals surface area (Å²) in [5, 5.41) is 0. The molecule has 7 nitrogen and oxygen atoms in total. The van der Waals surface area contributed by atoms with Gasteiger partial charge in [-0.3, -0.25) is 0 Å². The highest BCUT2D eigenvalue weighted by Gasteiger charge is 1.89. The largest absolute Gasteiger partial charge is 0.466 e. The number of hydrogen-bond acceptors (Lipinski definition) is 7. The minimum absolute atomic E-state index is 0.00907. The second kappa shape index (κ2) is 18.9. The molecule has 0 aromatic heterocycles. The smallest absolute Gasteiger partial charge is 0.332 e. The molecule has 0 spiro atoms. The van der Waals surface area contributed by atoms with Gasteiger partial charge in [0.05, 0.1) is 14.2 Å². The monoisotopic (exact) mass is 288 g/mol. The Labute approximate surface area is 118 Å². The molecule has 0 saturated heterocycles. The molecule has 0 atom stereocenters. The Bertz CT molecular complexity index is 301. The quantitative estimate of drug-likeness (QED) is 0.323. The first-order valence-corrected chi connectivity index (χ1v) is 5.12. The fraction of sp³-hybridized carbons (Fsp3) is 0.308. The van der Waals surface area contributed by atoms with Crippen molar-refractivity contribution in [3.8, 4) is 0 Å². The maximum Gasteiger partial charge on any atom is 0.332 e. The minimum atomic E-state index is -0.466. The molecule has 0 radical (unpaired) electrons. The van der Waals surface area contributed by atoms with E-state index in [1.54, 1.807) is 0 Å². The molecule has 0 saturated carbocycles. The second-order valence-electron chi connectivity index (χ2n) is 2.53. The molecule has 114 valence electrons. The van der Waals surface area contributed by atoms with E-state index in [0.717, 1.165) is 18.2 Å². The van der Waals surface area contributed by atoms with Gasteiger partial charge in [0, 0.05) is 25.3 Å². The number of carbonyl (C=O) groups excluding carboxylic acids is 3. The Morgan fingerprint density at radius 1 is 0.800 bits per heavy atom. The van der Waals surface area contributed by atoms with Crippen molar-refractivity contribution < 1.29 is 33.3 Å². The third-order valence-electron chi connectivity index (χ3n) is 1.22. The maximum absolute atomic E-state index is 10.2. The first kappa shape index (κ1) is 22.7. The average molecular weight is 288 g/mol. The summed E-state index contributed by atoms with van der Waals surface area (Å²) >= 11 is 0. The van der Waals surface area contributed by atoms with Crippen LogP contribution in [0.15, 0.2) is 38.0 Å². The lowest BCUT2D eigenvalue weighted by atomic mass is 10.7. The van der Waals surface area contributed by atoms with Gasteiger partial charge in [-0.1, -0.05) is 19.7 Å². The van der Waals surface area contributed by atoms with Gasteiger partial charge in [0.15, 0.2) is 6.79 Å². The molecular formula is C13H20O7. The van der Waals surface area contributed by atoms with Gasteiger partial charge in [-0.05, 0) is 0 Å². The first-order valence-electron chi connectivity index (χ1n) is 5.12. The summed E-state index contributed by atoms with van der Waals surface area (Å²) in [5.41, 5.74) is 0.